The number of aromatic nitrogens is 2. The Balaban J connectivity index is 1.88. The second kappa shape index (κ2) is 7.37. The third-order valence-electron chi connectivity index (χ3n) is 2.76. The quantitative estimate of drug-likeness (QED) is 0.751. The molecule has 6 heteroatoms. The van der Waals surface area contributed by atoms with Gasteiger partial charge in [0.25, 0.3) is 0 Å². The molecule has 0 bridgehead atoms. The Bertz CT molecular complexity index is 496. The molecule has 0 aliphatic rings. The Hall–Kier alpha value is -1.24. The molecule has 0 unspecified atom stereocenters. The van der Waals surface area contributed by atoms with Crippen LogP contribution >= 0.6 is 11.3 Å². The molecule has 0 radical (unpaired) electrons. The van der Waals surface area contributed by atoms with Crippen molar-refractivity contribution in [2.75, 3.05) is 26.8 Å². The van der Waals surface area contributed by atoms with E-state index in [0.717, 1.165) is 53.9 Å². The van der Waals surface area contributed by atoms with Crippen LogP contribution in [0.1, 0.15) is 17.7 Å². The van der Waals surface area contributed by atoms with Gasteiger partial charge in [-0.15, -0.1) is 10.2 Å². The van der Waals surface area contributed by atoms with Gasteiger partial charge in [-0.3, -0.25) is 0 Å². The summed E-state index contributed by atoms with van der Waals surface area (Å²) in [5.41, 5.74) is 1.07. The standard InChI is InChI=1S/C13H19N3O2S/c1-3-11-10(5-8-18-11)13-16-15-12(19-13)4-6-14-7-9-17-2/h5,8,14H,3-4,6-7,9H2,1-2H3. The Labute approximate surface area is 117 Å². The van der Waals surface area contributed by atoms with Gasteiger partial charge in [0, 0.05) is 33.0 Å². The number of furan rings is 1. The maximum absolute atomic E-state index is 5.42. The third kappa shape index (κ3) is 3.86. The zero-order valence-corrected chi connectivity index (χ0v) is 12.1. The number of ether oxygens (including phenoxy) is 1. The summed E-state index contributed by atoms with van der Waals surface area (Å²) < 4.78 is 10.4. The molecule has 0 saturated carbocycles. The van der Waals surface area contributed by atoms with Crippen molar-refractivity contribution in [2.45, 2.75) is 19.8 Å². The maximum atomic E-state index is 5.42. The van der Waals surface area contributed by atoms with Crippen LogP contribution < -0.4 is 5.32 Å². The summed E-state index contributed by atoms with van der Waals surface area (Å²) in [6.07, 6.45) is 3.47. The molecule has 0 spiro atoms. The van der Waals surface area contributed by atoms with E-state index in [1.165, 1.54) is 0 Å². The van der Waals surface area contributed by atoms with Crippen molar-refractivity contribution in [3.63, 3.8) is 0 Å². The summed E-state index contributed by atoms with van der Waals surface area (Å²) in [4.78, 5) is 0. The van der Waals surface area contributed by atoms with Crippen LogP contribution in [-0.2, 0) is 17.6 Å². The van der Waals surface area contributed by atoms with Crippen molar-refractivity contribution in [2.24, 2.45) is 0 Å². The Morgan fingerprint density at radius 3 is 3.05 bits per heavy atom. The predicted molar refractivity (Wildman–Crippen MR) is 75.4 cm³/mol. The average Bonchev–Trinajstić information content (AvgIpc) is 3.06. The number of nitrogens with one attached hydrogen (secondary N) is 1. The molecule has 1 N–H and O–H groups in total. The minimum atomic E-state index is 0.732. The molecule has 0 fully saturated rings. The van der Waals surface area contributed by atoms with Gasteiger partial charge in [0.2, 0.25) is 0 Å². The van der Waals surface area contributed by atoms with Crippen molar-refractivity contribution in [3.05, 3.63) is 23.1 Å². The van der Waals surface area contributed by atoms with Gasteiger partial charge in [0.05, 0.1) is 18.4 Å². The summed E-state index contributed by atoms with van der Waals surface area (Å²) in [7, 11) is 1.70. The van der Waals surface area contributed by atoms with Gasteiger partial charge in [0.1, 0.15) is 10.8 Å². The summed E-state index contributed by atoms with van der Waals surface area (Å²) >= 11 is 1.63. The monoisotopic (exact) mass is 281 g/mol. The number of aryl methyl sites for hydroxylation is 1. The highest BCUT2D eigenvalue weighted by Crippen LogP contribution is 2.28. The van der Waals surface area contributed by atoms with Crippen molar-refractivity contribution in [3.8, 4) is 10.6 Å². The number of nitrogens with zero attached hydrogens (tertiary/aromatic N) is 2. The van der Waals surface area contributed by atoms with E-state index in [1.807, 2.05) is 6.07 Å². The number of methoxy groups -OCH3 is 1. The van der Waals surface area contributed by atoms with Crippen molar-refractivity contribution >= 4 is 11.3 Å². The van der Waals surface area contributed by atoms with Gasteiger partial charge < -0.3 is 14.5 Å². The highest BCUT2D eigenvalue weighted by molar-refractivity contribution is 7.14. The van der Waals surface area contributed by atoms with Crippen LogP contribution in [-0.4, -0.2) is 37.0 Å². The molecule has 2 aromatic heterocycles. The average molecular weight is 281 g/mol. The normalized spacial score (nSPS) is 11.1. The van der Waals surface area contributed by atoms with Gasteiger partial charge in [0.15, 0.2) is 5.01 Å². The van der Waals surface area contributed by atoms with Crippen LogP contribution in [0, 0.1) is 0 Å². The highest BCUT2D eigenvalue weighted by Gasteiger charge is 2.12. The lowest BCUT2D eigenvalue weighted by molar-refractivity contribution is 0.199. The summed E-state index contributed by atoms with van der Waals surface area (Å²) in [6.45, 7) is 4.56. The third-order valence-corrected chi connectivity index (χ3v) is 3.78. The summed E-state index contributed by atoms with van der Waals surface area (Å²) in [5.74, 6) is 0.973. The molecular formula is C13H19N3O2S. The molecule has 0 amide bonds. The van der Waals surface area contributed by atoms with Crippen molar-refractivity contribution in [1.82, 2.24) is 15.5 Å². The molecule has 0 aromatic carbocycles. The van der Waals surface area contributed by atoms with E-state index in [2.05, 4.69) is 22.4 Å². The van der Waals surface area contributed by atoms with Crippen LogP contribution in [0.15, 0.2) is 16.7 Å². The van der Waals surface area contributed by atoms with E-state index in [0.29, 0.717) is 0 Å². The first kappa shape index (κ1) is 14.2. The van der Waals surface area contributed by atoms with E-state index < -0.39 is 0 Å². The predicted octanol–water partition coefficient (Wildman–Crippen LogP) is 2.14. The zero-order valence-electron chi connectivity index (χ0n) is 11.3. The van der Waals surface area contributed by atoms with E-state index >= 15 is 0 Å². The molecule has 0 atom stereocenters. The van der Waals surface area contributed by atoms with Crippen molar-refractivity contribution < 1.29 is 9.15 Å². The van der Waals surface area contributed by atoms with Crippen LogP contribution in [0.25, 0.3) is 10.6 Å². The zero-order chi connectivity index (χ0) is 13.5. The molecule has 104 valence electrons. The molecular weight excluding hydrogens is 262 g/mol. The van der Waals surface area contributed by atoms with Crippen LogP contribution in [0.3, 0.4) is 0 Å². The van der Waals surface area contributed by atoms with Gasteiger partial charge in [-0.05, 0) is 6.07 Å². The Morgan fingerprint density at radius 2 is 2.26 bits per heavy atom. The molecule has 2 rings (SSSR count). The fourth-order valence-corrected chi connectivity index (χ4v) is 2.65. The summed E-state index contributed by atoms with van der Waals surface area (Å²) in [5, 5.41) is 13.7. The maximum Gasteiger partial charge on any atom is 0.151 e. The lowest BCUT2D eigenvalue weighted by Crippen LogP contribution is -2.21. The number of rotatable bonds is 8. The topological polar surface area (TPSA) is 60.2 Å². The molecule has 0 aliphatic carbocycles. The Kier molecular flexibility index (Phi) is 5.50. The van der Waals surface area contributed by atoms with Crippen LogP contribution in [0.4, 0.5) is 0 Å². The van der Waals surface area contributed by atoms with E-state index in [9.17, 15) is 0 Å². The van der Waals surface area contributed by atoms with Gasteiger partial charge in [-0.25, -0.2) is 0 Å². The largest absolute Gasteiger partial charge is 0.469 e. The van der Waals surface area contributed by atoms with Crippen molar-refractivity contribution in [1.29, 1.82) is 0 Å². The van der Waals surface area contributed by atoms with E-state index in [1.54, 1.807) is 24.7 Å². The lowest BCUT2D eigenvalue weighted by Gasteiger charge is -2.00. The van der Waals surface area contributed by atoms with Crippen LogP contribution in [0.2, 0.25) is 0 Å². The first-order valence-electron chi connectivity index (χ1n) is 6.44. The lowest BCUT2D eigenvalue weighted by atomic mass is 10.2. The summed E-state index contributed by atoms with van der Waals surface area (Å²) in [6, 6.07) is 1.96. The first-order chi connectivity index (χ1) is 9.35. The van der Waals surface area contributed by atoms with Gasteiger partial charge in [-0.1, -0.05) is 18.3 Å². The van der Waals surface area contributed by atoms with Gasteiger partial charge >= 0.3 is 0 Å². The molecule has 2 aromatic rings. The highest BCUT2D eigenvalue weighted by atomic mass is 32.1. The Morgan fingerprint density at radius 1 is 1.37 bits per heavy atom. The molecule has 2 heterocycles. The SMILES string of the molecule is CCc1occc1-c1nnc(CCNCCOC)s1. The molecule has 5 nitrogen and oxygen atoms in total. The smallest absolute Gasteiger partial charge is 0.151 e. The molecule has 0 aliphatic heterocycles. The minimum absolute atomic E-state index is 0.732. The van der Waals surface area contributed by atoms with E-state index in [4.69, 9.17) is 9.15 Å². The second-order valence-electron chi connectivity index (χ2n) is 4.10. The van der Waals surface area contributed by atoms with E-state index in [-0.39, 0.29) is 0 Å². The first-order valence-corrected chi connectivity index (χ1v) is 7.25. The molecule has 19 heavy (non-hydrogen) atoms. The molecule has 0 saturated heterocycles. The fourth-order valence-electron chi connectivity index (χ4n) is 1.76. The van der Waals surface area contributed by atoms with Crippen LogP contribution in [0.5, 0.6) is 0 Å². The minimum Gasteiger partial charge on any atom is -0.469 e. The fraction of sp³-hybridized carbons (Fsp3) is 0.538. The number of hydrogen-bond acceptors (Lipinski definition) is 6. The van der Waals surface area contributed by atoms with Gasteiger partial charge in [-0.2, -0.15) is 0 Å². The number of hydrogen-bond donors (Lipinski definition) is 1. The second-order valence-corrected chi connectivity index (χ2v) is 5.17.